The van der Waals surface area contributed by atoms with Crippen LogP contribution in [-0.2, 0) is 26.0 Å². The zero-order valence-electron chi connectivity index (χ0n) is 14.9. The van der Waals surface area contributed by atoms with Crippen molar-refractivity contribution < 1.29 is 27.4 Å². The molecule has 0 spiro atoms. The van der Waals surface area contributed by atoms with E-state index in [2.05, 4.69) is 5.32 Å². The van der Waals surface area contributed by atoms with Crippen molar-refractivity contribution in [1.82, 2.24) is 9.62 Å². The fraction of sp³-hybridized carbons (Fsp3) is 0.588. The Morgan fingerprint density at radius 2 is 2.00 bits per heavy atom. The highest BCUT2D eigenvalue weighted by molar-refractivity contribution is 7.89. The Labute approximate surface area is 153 Å². The molecule has 1 N–H and O–H groups in total. The van der Waals surface area contributed by atoms with Crippen molar-refractivity contribution in [1.29, 1.82) is 0 Å². The van der Waals surface area contributed by atoms with Crippen LogP contribution in [0, 0.1) is 5.92 Å². The smallest absolute Gasteiger partial charge is 0.231 e. The van der Waals surface area contributed by atoms with Gasteiger partial charge in [-0.15, -0.1) is 0 Å². The fourth-order valence-electron chi connectivity index (χ4n) is 2.98. The van der Waals surface area contributed by atoms with Gasteiger partial charge in [0.05, 0.1) is 25.0 Å². The molecule has 1 aromatic rings. The Balaban J connectivity index is 1.51. The SMILES string of the molecule is CN(C)S(=O)(=O)C[C@@H]1COC[C@@H]1NC(=O)CCc1ccc2c(c1)OCO2. The number of aryl methyl sites for hydroxylation is 1. The molecule has 0 saturated carbocycles. The van der Waals surface area contributed by atoms with E-state index in [-0.39, 0.29) is 30.4 Å². The standard InChI is InChI=1S/C17H24N2O6S/c1-19(2)26(21,22)10-13-8-23-9-14(13)18-17(20)6-4-12-3-5-15-16(7-12)25-11-24-15/h3,5,7,13-14H,4,6,8-11H2,1-2H3,(H,18,20)/t13-,14-/m0/s1. The lowest BCUT2D eigenvalue weighted by Gasteiger charge is -2.21. The number of fused-ring (bicyclic) bond motifs is 1. The van der Waals surface area contributed by atoms with Gasteiger partial charge in [-0.25, -0.2) is 12.7 Å². The second-order valence-corrected chi connectivity index (χ2v) is 8.95. The first-order valence-electron chi connectivity index (χ1n) is 8.51. The van der Waals surface area contributed by atoms with E-state index in [9.17, 15) is 13.2 Å². The lowest BCUT2D eigenvalue weighted by atomic mass is 10.1. The van der Waals surface area contributed by atoms with Crippen molar-refractivity contribution in [2.24, 2.45) is 5.92 Å². The zero-order valence-corrected chi connectivity index (χ0v) is 15.8. The number of nitrogens with one attached hydrogen (secondary N) is 1. The van der Waals surface area contributed by atoms with Crippen LogP contribution in [0.25, 0.3) is 0 Å². The van der Waals surface area contributed by atoms with E-state index in [1.165, 1.54) is 18.4 Å². The van der Waals surface area contributed by atoms with Gasteiger partial charge < -0.3 is 19.5 Å². The van der Waals surface area contributed by atoms with Gasteiger partial charge in [0.1, 0.15) is 0 Å². The highest BCUT2D eigenvalue weighted by atomic mass is 32.2. The Morgan fingerprint density at radius 1 is 1.23 bits per heavy atom. The average molecular weight is 384 g/mol. The number of hydrogen-bond donors (Lipinski definition) is 1. The fourth-order valence-corrected chi connectivity index (χ4v) is 4.14. The summed E-state index contributed by atoms with van der Waals surface area (Å²) < 4.78 is 41.3. The van der Waals surface area contributed by atoms with Crippen LogP contribution in [0.2, 0.25) is 0 Å². The van der Waals surface area contributed by atoms with Crippen LogP contribution in [0.3, 0.4) is 0 Å². The second kappa shape index (κ2) is 7.81. The van der Waals surface area contributed by atoms with E-state index >= 15 is 0 Å². The first kappa shape index (κ1) is 18.9. The van der Waals surface area contributed by atoms with E-state index in [4.69, 9.17) is 14.2 Å². The van der Waals surface area contributed by atoms with Gasteiger partial charge in [0, 0.05) is 26.4 Å². The molecule has 1 aromatic carbocycles. The monoisotopic (exact) mass is 384 g/mol. The molecule has 0 aromatic heterocycles. The minimum Gasteiger partial charge on any atom is -0.454 e. The van der Waals surface area contributed by atoms with Gasteiger partial charge in [-0.1, -0.05) is 6.07 Å². The van der Waals surface area contributed by atoms with Gasteiger partial charge in [-0.3, -0.25) is 4.79 Å². The molecular weight excluding hydrogens is 360 g/mol. The first-order valence-corrected chi connectivity index (χ1v) is 10.1. The summed E-state index contributed by atoms with van der Waals surface area (Å²) in [6.07, 6.45) is 0.875. The molecule has 2 aliphatic rings. The van der Waals surface area contributed by atoms with Crippen LogP contribution in [0.1, 0.15) is 12.0 Å². The molecule has 1 fully saturated rings. The van der Waals surface area contributed by atoms with Gasteiger partial charge in [-0.05, 0) is 24.1 Å². The molecule has 0 aliphatic carbocycles. The van der Waals surface area contributed by atoms with Crippen molar-refractivity contribution in [2.45, 2.75) is 18.9 Å². The number of amides is 1. The number of hydrogen-bond acceptors (Lipinski definition) is 6. The molecule has 144 valence electrons. The molecule has 0 unspecified atom stereocenters. The molecular formula is C17H24N2O6S. The molecule has 8 nitrogen and oxygen atoms in total. The lowest BCUT2D eigenvalue weighted by molar-refractivity contribution is -0.122. The molecule has 26 heavy (non-hydrogen) atoms. The van der Waals surface area contributed by atoms with Crippen molar-refractivity contribution in [3.63, 3.8) is 0 Å². The van der Waals surface area contributed by atoms with E-state index < -0.39 is 10.0 Å². The van der Waals surface area contributed by atoms with Gasteiger partial charge in [0.25, 0.3) is 0 Å². The Hall–Kier alpha value is -1.84. The third kappa shape index (κ3) is 4.46. The van der Waals surface area contributed by atoms with Crippen LogP contribution >= 0.6 is 0 Å². The third-order valence-electron chi connectivity index (χ3n) is 4.60. The van der Waals surface area contributed by atoms with Crippen LogP contribution in [-0.4, -0.2) is 64.5 Å². The molecule has 2 aliphatic heterocycles. The van der Waals surface area contributed by atoms with Gasteiger partial charge in [-0.2, -0.15) is 0 Å². The van der Waals surface area contributed by atoms with E-state index in [0.717, 1.165) is 5.56 Å². The molecule has 9 heteroatoms. The molecule has 2 atom stereocenters. The predicted octanol–water partition coefficient (Wildman–Crippen LogP) is 0.371. The molecule has 1 saturated heterocycles. The minimum absolute atomic E-state index is 0.0346. The number of carbonyl (C=O) groups is 1. The normalized spacial score (nSPS) is 22.0. The number of rotatable bonds is 7. The van der Waals surface area contributed by atoms with Crippen molar-refractivity contribution in [3.05, 3.63) is 23.8 Å². The summed E-state index contributed by atoms with van der Waals surface area (Å²) in [5.74, 6) is 1.02. The van der Waals surface area contributed by atoms with Crippen molar-refractivity contribution in [3.8, 4) is 11.5 Å². The third-order valence-corrected chi connectivity index (χ3v) is 6.57. The van der Waals surface area contributed by atoms with Gasteiger partial charge >= 0.3 is 0 Å². The highest BCUT2D eigenvalue weighted by Crippen LogP contribution is 2.32. The maximum absolute atomic E-state index is 12.3. The Morgan fingerprint density at radius 3 is 2.77 bits per heavy atom. The minimum atomic E-state index is -3.34. The molecule has 0 bridgehead atoms. The summed E-state index contributed by atoms with van der Waals surface area (Å²) in [5.41, 5.74) is 0.985. The maximum Gasteiger partial charge on any atom is 0.231 e. The van der Waals surface area contributed by atoms with Crippen molar-refractivity contribution in [2.75, 3.05) is 39.9 Å². The summed E-state index contributed by atoms with van der Waals surface area (Å²) in [4.78, 5) is 12.3. The summed E-state index contributed by atoms with van der Waals surface area (Å²) in [5, 5.41) is 2.91. The molecule has 2 heterocycles. The number of ether oxygens (including phenoxy) is 3. The summed E-state index contributed by atoms with van der Waals surface area (Å²) >= 11 is 0. The molecule has 0 radical (unpaired) electrons. The van der Waals surface area contributed by atoms with Gasteiger partial charge in [0.2, 0.25) is 22.7 Å². The van der Waals surface area contributed by atoms with E-state index in [1.807, 2.05) is 18.2 Å². The highest BCUT2D eigenvalue weighted by Gasteiger charge is 2.34. The molecule has 3 rings (SSSR count). The summed E-state index contributed by atoms with van der Waals surface area (Å²) in [7, 11) is -0.327. The van der Waals surface area contributed by atoms with Gasteiger partial charge in [0.15, 0.2) is 11.5 Å². The van der Waals surface area contributed by atoms with Crippen LogP contribution < -0.4 is 14.8 Å². The van der Waals surface area contributed by atoms with Crippen LogP contribution in [0.5, 0.6) is 11.5 Å². The molecule has 1 amide bonds. The summed E-state index contributed by atoms with van der Waals surface area (Å²) in [6, 6.07) is 5.34. The quantitative estimate of drug-likeness (QED) is 0.730. The van der Waals surface area contributed by atoms with Crippen LogP contribution in [0.4, 0.5) is 0 Å². The summed E-state index contributed by atoms with van der Waals surface area (Å²) in [6.45, 7) is 0.891. The maximum atomic E-state index is 12.3. The Bertz CT molecular complexity index is 765. The Kier molecular flexibility index (Phi) is 5.69. The van der Waals surface area contributed by atoms with E-state index in [1.54, 1.807) is 0 Å². The van der Waals surface area contributed by atoms with Crippen molar-refractivity contribution >= 4 is 15.9 Å². The second-order valence-electron chi connectivity index (χ2n) is 6.72. The first-order chi connectivity index (χ1) is 12.3. The predicted molar refractivity (Wildman–Crippen MR) is 94.6 cm³/mol. The number of nitrogens with zero attached hydrogens (tertiary/aromatic N) is 1. The average Bonchev–Trinajstić information content (AvgIpc) is 3.21. The van der Waals surface area contributed by atoms with Crippen LogP contribution in [0.15, 0.2) is 18.2 Å². The topological polar surface area (TPSA) is 94.2 Å². The number of carbonyl (C=O) groups excluding carboxylic acids is 1. The van der Waals surface area contributed by atoms with E-state index in [0.29, 0.717) is 37.6 Å². The largest absolute Gasteiger partial charge is 0.454 e. The number of sulfonamides is 1. The zero-order chi connectivity index (χ0) is 18.7. The lowest BCUT2D eigenvalue weighted by Crippen LogP contribution is -2.43. The number of benzene rings is 1.